The van der Waals surface area contributed by atoms with E-state index < -0.39 is 11.6 Å². The maximum atomic E-state index is 12.4. The zero-order valence-corrected chi connectivity index (χ0v) is 12.4. The summed E-state index contributed by atoms with van der Waals surface area (Å²) < 4.78 is 0. The molecular weight excluding hydrogens is 258 g/mol. The van der Waals surface area contributed by atoms with E-state index in [0.717, 1.165) is 24.5 Å². The second kappa shape index (κ2) is 5.52. The molecule has 0 aromatic rings. The van der Waals surface area contributed by atoms with Gasteiger partial charge in [0.2, 0.25) is 0 Å². The lowest BCUT2D eigenvalue weighted by molar-refractivity contribution is -0.135. The van der Waals surface area contributed by atoms with Crippen LogP contribution in [-0.4, -0.2) is 59.2 Å². The van der Waals surface area contributed by atoms with Gasteiger partial charge in [-0.2, -0.15) is 0 Å². The average molecular weight is 281 g/mol. The van der Waals surface area contributed by atoms with E-state index in [1.165, 1.54) is 6.92 Å². The number of hydrogen-bond acceptors (Lipinski definition) is 4. The Balaban J connectivity index is 2.02. The molecule has 6 nitrogen and oxygen atoms in total. The van der Waals surface area contributed by atoms with Crippen molar-refractivity contribution < 1.29 is 14.4 Å². The maximum absolute atomic E-state index is 12.4. The summed E-state index contributed by atoms with van der Waals surface area (Å²) in [5.41, 5.74) is -0.778. The van der Waals surface area contributed by atoms with Gasteiger partial charge in [0.1, 0.15) is 11.3 Å². The summed E-state index contributed by atoms with van der Waals surface area (Å²) >= 11 is 0. The molecule has 0 radical (unpaired) electrons. The van der Waals surface area contributed by atoms with Crippen LogP contribution in [0.3, 0.4) is 0 Å². The number of nitrogens with one attached hydrogen (secondary N) is 1. The van der Waals surface area contributed by atoms with E-state index in [0.29, 0.717) is 18.8 Å². The molecule has 0 aromatic heterocycles. The summed E-state index contributed by atoms with van der Waals surface area (Å²) in [6, 6.07) is -0.428. The highest BCUT2D eigenvalue weighted by molar-refractivity contribution is 6.09. The van der Waals surface area contributed by atoms with Gasteiger partial charge in [-0.1, -0.05) is 13.8 Å². The van der Waals surface area contributed by atoms with Gasteiger partial charge in [0.15, 0.2) is 0 Å². The summed E-state index contributed by atoms with van der Waals surface area (Å²) in [5, 5.41) is 2.81. The highest BCUT2D eigenvalue weighted by atomic mass is 16.2. The maximum Gasteiger partial charge on any atom is 0.325 e. The van der Waals surface area contributed by atoms with Crippen LogP contribution in [0, 0.1) is 5.92 Å². The van der Waals surface area contributed by atoms with Crippen LogP contribution in [0.4, 0.5) is 4.79 Å². The summed E-state index contributed by atoms with van der Waals surface area (Å²) in [4.78, 5) is 38.8. The van der Waals surface area contributed by atoms with E-state index >= 15 is 0 Å². The molecule has 0 unspecified atom stereocenters. The average Bonchev–Trinajstić information content (AvgIpc) is 2.56. The first-order chi connectivity index (χ1) is 9.34. The van der Waals surface area contributed by atoms with E-state index in [4.69, 9.17) is 0 Å². The number of imide groups is 1. The van der Waals surface area contributed by atoms with Crippen LogP contribution in [0.15, 0.2) is 0 Å². The lowest BCUT2D eigenvalue weighted by atomic mass is 9.87. The summed E-state index contributed by atoms with van der Waals surface area (Å²) in [6.45, 7) is 8.22. The Hall–Kier alpha value is -1.43. The Bertz CT molecular complexity index is 425. The van der Waals surface area contributed by atoms with Gasteiger partial charge in [0, 0.05) is 19.6 Å². The molecule has 0 aliphatic carbocycles. The normalized spacial score (nSPS) is 22.7. The van der Waals surface area contributed by atoms with Crippen molar-refractivity contribution in [2.75, 3.05) is 26.2 Å². The number of hydrogen-bond donors (Lipinski definition) is 1. The van der Waals surface area contributed by atoms with Crippen molar-refractivity contribution in [3.63, 3.8) is 0 Å². The van der Waals surface area contributed by atoms with Crippen LogP contribution in [0.2, 0.25) is 0 Å². The Labute approximate surface area is 119 Å². The van der Waals surface area contributed by atoms with Crippen LogP contribution >= 0.6 is 0 Å². The van der Waals surface area contributed by atoms with Gasteiger partial charge >= 0.3 is 6.03 Å². The summed E-state index contributed by atoms with van der Waals surface area (Å²) in [6.07, 6.45) is 1.25. The molecule has 6 heteroatoms. The van der Waals surface area contributed by atoms with Crippen molar-refractivity contribution in [1.29, 1.82) is 0 Å². The van der Waals surface area contributed by atoms with Crippen molar-refractivity contribution in [2.45, 2.75) is 39.2 Å². The predicted octanol–water partition coefficient (Wildman–Crippen LogP) is 0.618. The molecule has 0 aromatic carbocycles. The number of Topliss-reactive ketones (excluding diaryl/α,β-unsaturated/α-hetero) is 1. The molecule has 0 bridgehead atoms. The zero-order chi connectivity index (χ0) is 14.9. The molecule has 0 atom stereocenters. The largest absolute Gasteiger partial charge is 0.325 e. The highest BCUT2D eigenvalue weighted by Gasteiger charge is 2.52. The Morgan fingerprint density at radius 3 is 2.40 bits per heavy atom. The topological polar surface area (TPSA) is 69.7 Å². The minimum absolute atomic E-state index is 0.123. The highest BCUT2D eigenvalue weighted by Crippen LogP contribution is 2.29. The molecular formula is C14H23N3O3. The van der Waals surface area contributed by atoms with Crippen molar-refractivity contribution in [3.8, 4) is 0 Å². The van der Waals surface area contributed by atoms with Gasteiger partial charge in [-0.15, -0.1) is 0 Å². The molecule has 3 amide bonds. The Kier molecular flexibility index (Phi) is 4.13. The molecule has 2 heterocycles. The number of carbonyl (C=O) groups excluding carboxylic acids is 3. The molecule has 20 heavy (non-hydrogen) atoms. The molecule has 2 saturated heterocycles. The fraction of sp³-hybridized carbons (Fsp3) is 0.786. The van der Waals surface area contributed by atoms with Crippen LogP contribution in [0.25, 0.3) is 0 Å². The van der Waals surface area contributed by atoms with Crippen molar-refractivity contribution in [1.82, 2.24) is 15.1 Å². The smallest absolute Gasteiger partial charge is 0.323 e. The monoisotopic (exact) mass is 281 g/mol. The van der Waals surface area contributed by atoms with Gasteiger partial charge in [0.25, 0.3) is 5.91 Å². The summed E-state index contributed by atoms with van der Waals surface area (Å²) in [5.74, 6) is 0.178. The van der Waals surface area contributed by atoms with E-state index in [2.05, 4.69) is 24.1 Å². The quantitative estimate of drug-likeness (QED) is 0.767. The van der Waals surface area contributed by atoms with E-state index in [-0.39, 0.29) is 18.2 Å². The van der Waals surface area contributed by atoms with Gasteiger partial charge in [-0.25, -0.2) is 4.79 Å². The van der Waals surface area contributed by atoms with E-state index in [1.807, 2.05) is 0 Å². The third-order valence-electron chi connectivity index (χ3n) is 3.96. The lowest BCUT2D eigenvalue weighted by Gasteiger charge is -2.37. The van der Waals surface area contributed by atoms with Crippen molar-refractivity contribution in [3.05, 3.63) is 0 Å². The number of rotatable bonds is 4. The number of urea groups is 1. The number of likely N-dealkylation sites (tertiary alicyclic amines) is 1. The summed E-state index contributed by atoms with van der Waals surface area (Å²) in [7, 11) is 0. The van der Waals surface area contributed by atoms with Crippen molar-refractivity contribution in [2.24, 2.45) is 5.92 Å². The second-order valence-electron chi connectivity index (χ2n) is 6.30. The molecule has 112 valence electrons. The third kappa shape index (κ3) is 2.85. The van der Waals surface area contributed by atoms with E-state index in [9.17, 15) is 14.4 Å². The molecule has 2 rings (SSSR count). The number of carbonyl (C=O) groups is 3. The van der Waals surface area contributed by atoms with Gasteiger partial charge < -0.3 is 10.2 Å². The van der Waals surface area contributed by atoms with Crippen LogP contribution < -0.4 is 5.32 Å². The standard InChI is InChI=1S/C14H23N3O3/c1-10(2)8-16-6-4-14(5-7-16)12(19)17(9-11(3)18)13(20)15-14/h10H,4-9H2,1-3H3,(H,15,20). The first-order valence-corrected chi connectivity index (χ1v) is 7.20. The Morgan fingerprint density at radius 2 is 1.90 bits per heavy atom. The molecule has 2 fully saturated rings. The van der Waals surface area contributed by atoms with Crippen molar-refractivity contribution >= 4 is 17.7 Å². The van der Waals surface area contributed by atoms with Crippen LogP contribution in [0.5, 0.6) is 0 Å². The first kappa shape index (κ1) is 15.0. The van der Waals surface area contributed by atoms with E-state index in [1.54, 1.807) is 0 Å². The fourth-order valence-electron chi connectivity index (χ4n) is 3.02. The van der Waals surface area contributed by atoms with Gasteiger partial charge in [-0.05, 0) is 25.7 Å². The molecule has 2 aliphatic heterocycles. The van der Waals surface area contributed by atoms with Gasteiger partial charge in [0.05, 0.1) is 6.54 Å². The zero-order valence-electron chi connectivity index (χ0n) is 12.4. The molecule has 0 saturated carbocycles. The molecule has 2 aliphatic rings. The molecule has 1 N–H and O–H groups in total. The number of nitrogens with zero attached hydrogens (tertiary/aromatic N) is 2. The lowest BCUT2D eigenvalue weighted by Crippen LogP contribution is -2.55. The number of ketones is 1. The number of amides is 3. The van der Waals surface area contributed by atoms with Crippen LogP contribution in [0.1, 0.15) is 33.6 Å². The molecule has 1 spiro atoms. The first-order valence-electron chi connectivity index (χ1n) is 7.20. The van der Waals surface area contributed by atoms with Gasteiger partial charge in [-0.3, -0.25) is 14.5 Å². The predicted molar refractivity (Wildman–Crippen MR) is 74.2 cm³/mol. The second-order valence-corrected chi connectivity index (χ2v) is 6.30. The minimum atomic E-state index is -0.778. The third-order valence-corrected chi connectivity index (χ3v) is 3.96. The Morgan fingerprint density at radius 1 is 1.30 bits per heavy atom. The van der Waals surface area contributed by atoms with Crippen LogP contribution in [-0.2, 0) is 9.59 Å². The minimum Gasteiger partial charge on any atom is -0.323 e. The number of piperidine rings is 1. The fourth-order valence-corrected chi connectivity index (χ4v) is 3.02. The SMILES string of the molecule is CC(=O)CN1C(=O)NC2(CCN(CC(C)C)CC2)C1=O.